The fourth-order valence-electron chi connectivity index (χ4n) is 3.51. The molecule has 0 aliphatic carbocycles. The molecule has 2 aromatic heterocycles. The lowest BCUT2D eigenvalue weighted by Gasteiger charge is -2.05. The molecule has 2 aromatic carbocycles. The first-order valence-electron chi connectivity index (χ1n) is 10.6. The summed E-state index contributed by atoms with van der Waals surface area (Å²) in [4.78, 5) is 21.8. The third-order valence-corrected chi connectivity index (χ3v) is 6.49. The van der Waals surface area contributed by atoms with Crippen molar-refractivity contribution in [3.05, 3.63) is 101 Å². The highest BCUT2D eigenvalue weighted by atomic mass is 32.2. The number of benzene rings is 2. The first-order chi connectivity index (χ1) is 15.9. The monoisotopic (exact) mass is 459 g/mol. The molecule has 0 bridgehead atoms. The number of oxazole rings is 1. The van der Waals surface area contributed by atoms with Gasteiger partial charge in [0, 0.05) is 35.0 Å². The van der Waals surface area contributed by atoms with Crippen molar-refractivity contribution in [3.63, 3.8) is 0 Å². The third-order valence-electron chi connectivity index (χ3n) is 5.19. The van der Waals surface area contributed by atoms with E-state index in [1.807, 2.05) is 45.0 Å². The molecule has 2 heterocycles. The van der Waals surface area contributed by atoms with Crippen molar-refractivity contribution >= 4 is 16.7 Å². The number of nitrogens with one attached hydrogen (secondary N) is 1. The SMILES string of the molecule is Cc1cc(C)cc(S(=O)Cc2nc(-c3ccc(C(=O)NCc4cccnc4)cc3)oc2C)c1. The lowest BCUT2D eigenvalue weighted by Crippen LogP contribution is -2.22. The Morgan fingerprint density at radius 3 is 2.42 bits per heavy atom. The molecule has 33 heavy (non-hydrogen) atoms. The van der Waals surface area contributed by atoms with Crippen molar-refractivity contribution in [2.75, 3.05) is 0 Å². The van der Waals surface area contributed by atoms with Gasteiger partial charge in [-0.25, -0.2) is 4.98 Å². The molecule has 0 saturated heterocycles. The summed E-state index contributed by atoms with van der Waals surface area (Å²) < 4.78 is 18.7. The van der Waals surface area contributed by atoms with E-state index in [1.165, 1.54) is 0 Å². The molecular weight excluding hydrogens is 434 g/mol. The summed E-state index contributed by atoms with van der Waals surface area (Å²) in [5, 5.41) is 2.88. The van der Waals surface area contributed by atoms with Crippen molar-refractivity contribution in [1.29, 1.82) is 0 Å². The fraction of sp³-hybridized carbons (Fsp3) is 0.192. The second-order valence-electron chi connectivity index (χ2n) is 7.96. The number of pyridine rings is 1. The Kier molecular flexibility index (Phi) is 6.79. The first-order valence-corrected chi connectivity index (χ1v) is 11.9. The highest BCUT2D eigenvalue weighted by Gasteiger charge is 2.16. The van der Waals surface area contributed by atoms with Crippen LogP contribution < -0.4 is 5.32 Å². The van der Waals surface area contributed by atoms with E-state index in [1.54, 1.807) is 36.7 Å². The average Bonchev–Trinajstić information content (AvgIpc) is 3.17. The average molecular weight is 460 g/mol. The van der Waals surface area contributed by atoms with Gasteiger partial charge in [0.15, 0.2) is 0 Å². The van der Waals surface area contributed by atoms with Crippen LogP contribution in [-0.4, -0.2) is 20.1 Å². The third kappa shape index (κ3) is 5.62. The zero-order chi connectivity index (χ0) is 23.4. The van der Waals surface area contributed by atoms with Gasteiger partial charge in [-0.15, -0.1) is 0 Å². The summed E-state index contributed by atoms with van der Waals surface area (Å²) in [7, 11) is -1.22. The highest BCUT2D eigenvalue weighted by molar-refractivity contribution is 7.84. The zero-order valence-corrected chi connectivity index (χ0v) is 19.6. The maximum Gasteiger partial charge on any atom is 0.251 e. The summed E-state index contributed by atoms with van der Waals surface area (Å²) in [6.07, 6.45) is 3.42. The van der Waals surface area contributed by atoms with Crippen LogP contribution in [0.2, 0.25) is 0 Å². The van der Waals surface area contributed by atoms with E-state index < -0.39 is 10.8 Å². The Hall–Kier alpha value is -3.58. The van der Waals surface area contributed by atoms with Crippen LogP contribution in [0.3, 0.4) is 0 Å². The summed E-state index contributed by atoms with van der Waals surface area (Å²) >= 11 is 0. The van der Waals surface area contributed by atoms with Crippen molar-refractivity contribution in [1.82, 2.24) is 15.3 Å². The Morgan fingerprint density at radius 2 is 1.76 bits per heavy atom. The molecule has 6 nitrogen and oxygen atoms in total. The molecule has 1 N–H and O–H groups in total. The van der Waals surface area contributed by atoms with E-state index in [9.17, 15) is 9.00 Å². The minimum absolute atomic E-state index is 0.168. The Labute approximate surface area is 195 Å². The van der Waals surface area contributed by atoms with Crippen LogP contribution in [-0.2, 0) is 23.1 Å². The van der Waals surface area contributed by atoms with Crippen LogP contribution in [0.1, 0.15) is 38.5 Å². The van der Waals surface area contributed by atoms with E-state index in [2.05, 4.69) is 21.4 Å². The van der Waals surface area contributed by atoms with Gasteiger partial charge in [0.05, 0.1) is 22.2 Å². The summed E-state index contributed by atoms with van der Waals surface area (Å²) in [6, 6.07) is 16.8. The molecule has 0 saturated carbocycles. The van der Waals surface area contributed by atoms with Gasteiger partial charge in [0.2, 0.25) is 5.89 Å². The minimum Gasteiger partial charge on any atom is -0.441 e. The second-order valence-corrected chi connectivity index (χ2v) is 9.41. The standard InChI is InChI=1S/C26H25N3O3S/c1-17-11-18(2)13-23(12-17)33(31)16-24-19(3)32-26(29-24)22-8-6-21(7-9-22)25(30)28-15-20-5-4-10-27-14-20/h4-14H,15-16H2,1-3H3,(H,28,30). The molecule has 4 aromatic rings. The molecule has 0 aliphatic heterocycles. The summed E-state index contributed by atoms with van der Waals surface area (Å²) in [5.41, 5.74) is 5.07. The number of aryl methyl sites for hydroxylation is 3. The van der Waals surface area contributed by atoms with Crippen LogP contribution in [0.15, 0.2) is 76.3 Å². The number of carbonyl (C=O) groups excluding carboxylic acids is 1. The minimum atomic E-state index is -1.22. The fourth-order valence-corrected chi connectivity index (χ4v) is 4.83. The van der Waals surface area contributed by atoms with Crippen molar-refractivity contribution in [3.8, 4) is 11.5 Å². The summed E-state index contributed by atoms with van der Waals surface area (Å²) in [6.45, 7) is 6.23. The van der Waals surface area contributed by atoms with Crippen LogP contribution >= 0.6 is 0 Å². The van der Waals surface area contributed by atoms with Gasteiger partial charge in [-0.2, -0.15) is 0 Å². The van der Waals surface area contributed by atoms with Gasteiger partial charge in [-0.1, -0.05) is 12.1 Å². The Bertz CT molecular complexity index is 1280. The molecular formula is C26H25N3O3S. The van der Waals surface area contributed by atoms with Crippen LogP contribution in [0.25, 0.3) is 11.5 Å². The van der Waals surface area contributed by atoms with Gasteiger partial charge in [-0.3, -0.25) is 14.0 Å². The molecule has 1 unspecified atom stereocenters. The topological polar surface area (TPSA) is 85.1 Å². The predicted molar refractivity (Wildman–Crippen MR) is 128 cm³/mol. The Morgan fingerprint density at radius 1 is 1.03 bits per heavy atom. The number of aromatic nitrogens is 2. The van der Waals surface area contributed by atoms with Crippen molar-refractivity contribution in [2.45, 2.75) is 38.0 Å². The van der Waals surface area contributed by atoms with Gasteiger partial charge in [-0.05, 0) is 79.9 Å². The van der Waals surface area contributed by atoms with E-state index in [4.69, 9.17) is 4.42 Å². The smallest absolute Gasteiger partial charge is 0.251 e. The lowest BCUT2D eigenvalue weighted by atomic mass is 10.1. The molecule has 4 rings (SSSR count). The predicted octanol–water partition coefficient (Wildman–Crippen LogP) is 4.90. The van der Waals surface area contributed by atoms with Crippen LogP contribution in [0.5, 0.6) is 0 Å². The molecule has 0 fully saturated rings. The van der Waals surface area contributed by atoms with Gasteiger partial charge >= 0.3 is 0 Å². The quantitative estimate of drug-likeness (QED) is 0.425. The molecule has 0 radical (unpaired) electrons. The molecule has 1 atom stereocenters. The number of hydrogen-bond acceptors (Lipinski definition) is 5. The van der Waals surface area contributed by atoms with E-state index in [0.29, 0.717) is 29.5 Å². The largest absolute Gasteiger partial charge is 0.441 e. The van der Waals surface area contributed by atoms with Crippen molar-refractivity contribution in [2.24, 2.45) is 0 Å². The van der Waals surface area contributed by atoms with E-state index >= 15 is 0 Å². The molecule has 1 amide bonds. The normalized spacial score (nSPS) is 11.8. The second kappa shape index (κ2) is 9.92. The maximum atomic E-state index is 12.9. The summed E-state index contributed by atoms with van der Waals surface area (Å²) in [5.74, 6) is 1.20. The van der Waals surface area contributed by atoms with Gasteiger partial charge < -0.3 is 9.73 Å². The van der Waals surface area contributed by atoms with Crippen LogP contribution in [0, 0.1) is 20.8 Å². The molecule has 0 aliphatic rings. The van der Waals surface area contributed by atoms with E-state index in [-0.39, 0.29) is 11.7 Å². The number of carbonyl (C=O) groups is 1. The highest BCUT2D eigenvalue weighted by Crippen LogP contribution is 2.24. The van der Waals surface area contributed by atoms with Gasteiger partial charge in [0.1, 0.15) is 5.76 Å². The van der Waals surface area contributed by atoms with E-state index in [0.717, 1.165) is 27.1 Å². The first kappa shape index (κ1) is 22.6. The Balaban J connectivity index is 1.44. The maximum absolute atomic E-state index is 12.9. The van der Waals surface area contributed by atoms with Crippen LogP contribution in [0.4, 0.5) is 0 Å². The zero-order valence-electron chi connectivity index (χ0n) is 18.8. The molecule has 7 heteroatoms. The number of rotatable bonds is 7. The number of hydrogen-bond donors (Lipinski definition) is 1. The lowest BCUT2D eigenvalue weighted by molar-refractivity contribution is 0.0951. The molecule has 0 spiro atoms. The number of nitrogens with zero attached hydrogens (tertiary/aromatic N) is 2. The van der Waals surface area contributed by atoms with Crippen molar-refractivity contribution < 1.29 is 13.4 Å². The van der Waals surface area contributed by atoms with Gasteiger partial charge in [0.25, 0.3) is 5.91 Å². The molecule has 168 valence electrons. The number of amides is 1.